The van der Waals surface area contributed by atoms with Crippen LogP contribution in [0.25, 0.3) is 0 Å². The third-order valence-corrected chi connectivity index (χ3v) is 4.56. The molecule has 3 heterocycles. The Balaban J connectivity index is 1.38. The third-order valence-electron chi connectivity index (χ3n) is 4.56. The number of hydrogen-bond donors (Lipinski definition) is 2. The molecule has 0 bridgehead atoms. The zero-order chi connectivity index (χ0) is 16.7. The minimum atomic E-state index is -0.728. The van der Waals surface area contributed by atoms with Crippen LogP contribution in [-0.4, -0.2) is 54.2 Å². The predicted octanol–water partition coefficient (Wildman–Crippen LogP) is 0.712. The standard InChI is InChI=1S/C17H23NO6/c1-17(2)23-15-14-13(22-16(15)24-17)12(11(19)9-20-14)18-21-8-10-6-4-3-5-7-10/h3-7,11-16,18-19H,8-9H2,1-2H3/t11-,12+,13-,14+,15-,16-/m1/s1. The van der Waals surface area contributed by atoms with Crippen LogP contribution in [0.4, 0.5) is 0 Å². The van der Waals surface area contributed by atoms with Gasteiger partial charge in [0.15, 0.2) is 12.1 Å². The minimum absolute atomic E-state index is 0.198. The molecule has 3 saturated heterocycles. The van der Waals surface area contributed by atoms with E-state index in [4.69, 9.17) is 23.8 Å². The fourth-order valence-electron chi connectivity index (χ4n) is 3.46. The molecule has 1 aromatic carbocycles. The number of ether oxygens (including phenoxy) is 4. The molecule has 0 amide bonds. The Morgan fingerprint density at radius 3 is 2.75 bits per heavy atom. The molecule has 2 N–H and O–H groups in total. The van der Waals surface area contributed by atoms with Crippen molar-refractivity contribution in [3.8, 4) is 0 Å². The van der Waals surface area contributed by atoms with Crippen LogP contribution in [-0.2, 0) is 30.4 Å². The summed E-state index contributed by atoms with van der Waals surface area (Å²) in [5.74, 6) is -0.688. The van der Waals surface area contributed by atoms with E-state index in [-0.39, 0.29) is 18.8 Å². The average Bonchev–Trinajstić information content (AvgIpc) is 3.02. The molecule has 3 aliphatic heterocycles. The van der Waals surface area contributed by atoms with Crippen molar-refractivity contribution >= 4 is 0 Å². The number of fused-ring (bicyclic) bond motifs is 3. The van der Waals surface area contributed by atoms with Gasteiger partial charge in [-0.3, -0.25) is 4.84 Å². The van der Waals surface area contributed by atoms with Gasteiger partial charge in [0.25, 0.3) is 0 Å². The van der Waals surface area contributed by atoms with E-state index in [0.717, 1.165) is 5.56 Å². The summed E-state index contributed by atoms with van der Waals surface area (Å²) in [7, 11) is 0. The molecule has 0 saturated carbocycles. The van der Waals surface area contributed by atoms with Crippen LogP contribution in [0.15, 0.2) is 30.3 Å². The van der Waals surface area contributed by atoms with E-state index in [1.807, 2.05) is 44.2 Å². The maximum absolute atomic E-state index is 10.3. The zero-order valence-corrected chi connectivity index (χ0v) is 13.8. The molecular formula is C17H23NO6. The van der Waals surface area contributed by atoms with Crippen molar-refractivity contribution in [2.45, 2.75) is 63.0 Å². The third kappa shape index (κ3) is 3.09. The van der Waals surface area contributed by atoms with E-state index in [1.54, 1.807) is 0 Å². The van der Waals surface area contributed by atoms with Crippen molar-refractivity contribution in [1.29, 1.82) is 0 Å². The lowest BCUT2D eigenvalue weighted by molar-refractivity contribution is -0.245. The fourth-order valence-corrected chi connectivity index (χ4v) is 3.46. The smallest absolute Gasteiger partial charge is 0.190 e. The Kier molecular flexibility index (Phi) is 4.34. The van der Waals surface area contributed by atoms with E-state index >= 15 is 0 Å². The Morgan fingerprint density at radius 1 is 1.17 bits per heavy atom. The lowest BCUT2D eigenvalue weighted by Crippen LogP contribution is -2.59. The molecule has 0 spiro atoms. The Bertz CT molecular complexity index is 567. The highest BCUT2D eigenvalue weighted by atomic mass is 16.8. The molecule has 132 valence electrons. The van der Waals surface area contributed by atoms with Crippen LogP contribution in [0.5, 0.6) is 0 Å². The molecule has 6 atom stereocenters. The van der Waals surface area contributed by atoms with Gasteiger partial charge in [-0.05, 0) is 19.4 Å². The molecule has 1 aromatic rings. The lowest BCUT2D eigenvalue weighted by Gasteiger charge is -2.38. The maximum Gasteiger partial charge on any atom is 0.190 e. The lowest BCUT2D eigenvalue weighted by atomic mass is 9.97. The van der Waals surface area contributed by atoms with E-state index in [0.29, 0.717) is 6.61 Å². The van der Waals surface area contributed by atoms with Gasteiger partial charge in [0.2, 0.25) is 0 Å². The summed E-state index contributed by atoms with van der Waals surface area (Å²) in [5.41, 5.74) is 3.98. The van der Waals surface area contributed by atoms with Crippen molar-refractivity contribution in [3.05, 3.63) is 35.9 Å². The first-order chi connectivity index (χ1) is 11.5. The van der Waals surface area contributed by atoms with Crippen LogP contribution < -0.4 is 5.48 Å². The second kappa shape index (κ2) is 6.34. The predicted molar refractivity (Wildman–Crippen MR) is 82.6 cm³/mol. The number of hydroxylamine groups is 1. The van der Waals surface area contributed by atoms with Gasteiger partial charge in [-0.25, -0.2) is 0 Å². The van der Waals surface area contributed by atoms with Crippen LogP contribution in [0, 0.1) is 0 Å². The molecule has 24 heavy (non-hydrogen) atoms. The van der Waals surface area contributed by atoms with E-state index < -0.39 is 30.3 Å². The van der Waals surface area contributed by atoms with Gasteiger partial charge < -0.3 is 24.1 Å². The van der Waals surface area contributed by atoms with Gasteiger partial charge in [0.1, 0.15) is 18.3 Å². The van der Waals surface area contributed by atoms with E-state index in [9.17, 15) is 5.11 Å². The Morgan fingerprint density at radius 2 is 1.96 bits per heavy atom. The first-order valence-corrected chi connectivity index (χ1v) is 8.25. The van der Waals surface area contributed by atoms with Crippen molar-refractivity contribution in [2.24, 2.45) is 0 Å². The molecule has 0 radical (unpaired) electrons. The molecule has 4 rings (SSSR count). The van der Waals surface area contributed by atoms with Gasteiger partial charge in [-0.15, -0.1) is 0 Å². The quantitative estimate of drug-likeness (QED) is 0.784. The van der Waals surface area contributed by atoms with E-state index in [2.05, 4.69) is 5.48 Å². The molecular weight excluding hydrogens is 314 g/mol. The van der Waals surface area contributed by atoms with Gasteiger partial charge in [0, 0.05) is 0 Å². The number of benzene rings is 1. The summed E-state index contributed by atoms with van der Waals surface area (Å²) in [6, 6.07) is 9.41. The summed E-state index contributed by atoms with van der Waals surface area (Å²) in [5, 5.41) is 10.3. The highest BCUT2D eigenvalue weighted by Gasteiger charge is 2.59. The number of aliphatic hydroxyl groups is 1. The van der Waals surface area contributed by atoms with E-state index in [1.165, 1.54) is 0 Å². The zero-order valence-electron chi connectivity index (χ0n) is 13.8. The van der Waals surface area contributed by atoms with Crippen LogP contribution >= 0.6 is 0 Å². The van der Waals surface area contributed by atoms with Crippen molar-refractivity contribution < 1.29 is 28.9 Å². The molecule has 3 fully saturated rings. The molecule has 3 aliphatic rings. The normalized spacial score (nSPS) is 40.3. The number of hydrogen-bond acceptors (Lipinski definition) is 7. The van der Waals surface area contributed by atoms with Gasteiger partial charge >= 0.3 is 0 Å². The molecule has 0 aliphatic carbocycles. The topological polar surface area (TPSA) is 78.4 Å². The minimum Gasteiger partial charge on any atom is -0.389 e. The average molecular weight is 337 g/mol. The number of aliphatic hydroxyl groups excluding tert-OH is 1. The molecule has 0 aromatic heterocycles. The number of nitrogens with one attached hydrogen (secondary N) is 1. The van der Waals surface area contributed by atoms with Crippen molar-refractivity contribution in [3.63, 3.8) is 0 Å². The first kappa shape index (κ1) is 16.4. The molecule has 7 heteroatoms. The molecule has 0 unspecified atom stereocenters. The van der Waals surface area contributed by atoms with Crippen molar-refractivity contribution in [2.75, 3.05) is 6.61 Å². The number of rotatable bonds is 4. The van der Waals surface area contributed by atoms with Gasteiger partial charge in [-0.2, -0.15) is 5.48 Å². The van der Waals surface area contributed by atoms with Gasteiger partial charge in [0.05, 0.1) is 25.4 Å². The van der Waals surface area contributed by atoms with Gasteiger partial charge in [-0.1, -0.05) is 30.3 Å². The van der Waals surface area contributed by atoms with Crippen LogP contribution in [0.3, 0.4) is 0 Å². The summed E-state index contributed by atoms with van der Waals surface area (Å²) >= 11 is 0. The highest BCUT2D eigenvalue weighted by molar-refractivity contribution is 5.13. The van der Waals surface area contributed by atoms with Crippen LogP contribution in [0.1, 0.15) is 19.4 Å². The summed E-state index contributed by atoms with van der Waals surface area (Å²) in [6.45, 7) is 4.29. The summed E-state index contributed by atoms with van der Waals surface area (Å²) in [4.78, 5) is 5.57. The molecule has 7 nitrogen and oxygen atoms in total. The second-order valence-electron chi connectivity index (χ2n) is 6.85. The summed E-state index contributed by atoms with van der Waals surface area (Å²) < 4.78 is 23.3. The second-order valence-corrected chi connectivity index (χ2v) is 6.85. The first-order valence-electron chi connectivity index (χ1n) is 8.25. The maximum atomic E-state index is 10.3. The SMILES string of the molecule is CC1(C)O[C@H]2O[C@@H]3[C@@H](NOCc4ccccc4)[C@H](O)CO[C@@H]3[C@H]2O1. The Labute approximate surface area is 140 Å². The highest BCUT2D eigenvalue weighted by Crippen LogP contribution is 2.41. The monoisotopic (exact) mass is 337 g/mol. The van der Waals surface area contributed by atoms with Crippen molar-refractivity contribution in [1.82, 2.24) is 5.48 Å². The fraction of sp³-hybridized carbons (Fsp3) is 0.647. The Hall–Kier alpha value is -1.06. The largest absolute Gasteiger partial charge is 0.389 e. The summed E-state index contributed by atoms with van der Waals surface area (Å²) in [6.07, 6.45) is -2.20. The van der Waals surface area contributed by atoms with Crippen LogP contribution in [0.2, 0.25) is 0 Å².